The lowest BCUT2D eigenvalue weighted by molar-refractivity contribution is 0.101. The Kier molecular flexibility index (Phi) is 4.04. The highest BCUT2D eigenvalue weighted by Crippen LogP contribution is 2.29. The summed E-state index contributed by atoms with van der Waals surface area (Å²) in [7, 11) is 0. The topological polar surface area (TPSA) is 55.0 Å². The third-order valence-corrected chi connectivity index (χ3v) is 4.06. The molecular weight excluding hydrogens is 264 g/mol. The highest BCUT2D eigenvalue weighted by Gasteiger charge is 2.21. The molecule has 1 heterocycles. The SMILES string of the molecule is CC(=O)c1cccc(OCC2CCCCc3[nH]cnc32)c1. The lowest BCUT2D eigenvalue weighted by Gasteiger charge is -2.15. The van der Waals surface area contributed by atoms with Crippen LogP contribution in [0.4, 0.5) is 0 Å². The average molecular weight is 284 g/mol. The molecule has 0 amide bonds. The van der Waals surface area contributed by atoms with E-state index < -0.39 is 0 Å². The van der Waals surface area contributed by atoms with Gasteiger partial charge in [0.15, 0.2) is 5.78 Å². The lowest BCUT2D eigenvalue weighted by Crippen LogP contribution is -2.11. The first-order chi connectivity index (χ1) is 10.2. The number of ether oxygens (including phenoxy) is 1. The Balaban J connectivity index is 1.70. The minimum atomic E-state index is 0.0597. The van der Waals surface area contributed by atoms with E-state index >= 15 is 0 Å². The van der Waals surface area contributed by atoms with Crippen LogP contribution in [0, 0.1) is 0 Å². The van der Waals surface area contributed by atoms with Gasteiger partial charge in [-0.05, 0) is 38.3 Å². The molecule has 1 unspecified atom stereocenters. The number of nitrogens with one attached hydrogen (secondary N) is 1. The first kappa shape index (κ1) is 13.9. The van der Waals surface area contributed by atoms with Crippen molar-refractivity contribution in [1.82, 2.24) is 9.97 Å². The third kappa shape index (κ3) is 3.15. The molecule has 3 rings (SSSR count). The molecule has 4 heteroatoms. The van der Waals surface area contributed by atoms with Crippen LogP contribution in [0.2, 0.25) is 0 Å². The van der Waals surface area contributed by atoms with E-state index in [1.165, 1.54) is 18.5 Å². The van der Waals surface area contributed by atoms with Crippen LogP contribution in [0.5, 0.6) is 5.75 Å². The fourth-order valence-electron chi connectivity index (χ4n) is 2.88. The van der Waals surface area contributed by atoms with Crippen LogP contribution in [0.3, 0.4) is 0 Å². The molecule has 110 valence electrons. The van der Waals surface area contributed by atoms with Gasteiger partial charge in [0.2, 0.25) is 0 Å². The zero-order valence-electron chi connectivity index (χ0n) is 12.3. The van der Waals surface area contributed by atoms with Gasteiger partial charge in [0.1, 0.15) is 5.75 Å². The monoisotopic (exact) mass is 284 g/mol. The van der Waals surface area contributed by atoms with Crippen LogP contribution in [0.1, 0.15) is 53.8 Å². The van der Waals surface area contributed by atoms with Crippen LogP contribution < -0.4 is 4.74 Å². The Hall–Kier alpha value is -2.10. The summed E-state index contributed by atoms with van der Waals surface area (Å²) in [6, 6.07) is 7.38. The number of ketones is 1. The summed E-state index contributed by atoms with van der Waals surface area (Å²) in [5.41, 5.74) is 3.09. The van der Waals surface area contributed by atoms with Gasteiger partial charge in [-0.15, -0.1) is 0 Å². The molecule has 1 aliphatic carbocycles. The van der Waals surface area contributed by atoms with Crippen molar-refractivity contribution in [3.05, 3.63) is 47.5 Å². The van der Waals surface area contributed by atoms with E-state index in [4.69, 9.17) is 4.74 Å². The molecule has 0 saturated carbocycles. The number of hydrogen-bond donors (Lipinski definition) is 1. The Morgan fingerprint density at radius 3 is 3.19 bits per heavy atom. The molecule has 1 N–H and O–H groups in total. The summed E-state index contributed by atoms with van der Waals surface area (Å²) in [5, 5.41) is 0. The maximum atomic E-state index is 11.4. The van der Waals surface area contributed by atoms with E-state index in [0.717, 1.165) is 24.3 Å². The molecule has 0 saturated heterocycles. The molecule has 1 atom stereocenters. The van der Waals surface area contributed by atoms with Gasteiger partial charge in [-0.25, -0.2) is 4.98 Å². The second kappa shape index (κ2) is 6.12. The third-order valence-electron chi connectivity index (χ3n) is 4.06. The number of fused-ring (bicyclic) bond motifs is 1. The van der Waals surface area contributed by atoms with E-state index in [1.807, 2.05) is 24.3 Å². The van der Waals surface area contributed by atoms with Gasteiger partial charge in [0.25, 0.3) is 0 Å². The van der Waals surface area contributed by atoms with E-state index in [0.29, 0.717) is 18.1 Å². The standard InChI is InChI=1S/C17H20N2O2/c1-12(20)13-6-4-7-15(9-13)21-10-14-5-2-3-8-16-17(14)19-11-18-16/h4,6-7,9,11,14H,2-3,5,8,10H2,1H3,(H,18,19). The summed E-state index contributed by atoms with van der Waals surface area (Å²) in [6.45, 7) is 2.18. The fraction of sp³-hybridized carbons (Fsp3) is 0.412. The van der Waals surface area contributed by atoms with E-state index in [2.05, 4.69) is 9.97 Å². The number of carbonyl (C=O) groups is 1. The van der Waals surface area contributed by atoms with Crippen molar-refractivity contribution >= 4 is 5.78 Å². The number of carbonyl (C=O) groups excluding carboxylic acids is 1. The van der Waals surface area contributed by atoms with Gasteiger partial charge in [0.05, 0.1) is 18.6 Å². The number of hydrogen-bond acceptors (Lipinski definition) is 3. The molecule has 0 bridgehead atoms. The van der Waals surface area contributed by atoms with Crippen LogP contribution in [-0.2, 0) is 6.42 Å². The summed E-state index contributed by atoms with van der Waals surface area (Å²) in [4.78, 5) is 19.1. The molecule has 1 aliphatic rings. The van der Waals surface area contributed by atoms with Gasteiger partial charge in [0, 0.05) is 17.2 Å². The summed E-state index contributed by atoms with van der Waals surface area (Å²) in [6.07, 6.45) is 6.35. The molecular formula is C17H20N2O2. The van der Waals surface area contributed by atoms with E-state index in [9.17, 15) is 4.79 Å². The average Bonchev–Trinajstić information content (AvgIpc) is 2.87. The van der Waals surface area contributed by atoms with Crippen molar-refractivity contribution in [2.75, 3.05) is 6.61 Å². The Morgan fingerprint density at radius 1 is 1.43 bits per heavy atom. The van der Waals surface area contributed by atoms with Crippen LogP contribution in [-0.4, -0.2) is 22.4 Å². The van der Waals surface area contributed by atoms with Crippen molar-refractivity contribution in [2.24, 2.45) is 0 Å². The van der Waals surface area contributed by atoms with Crippen molar-refractivity contribution in [1.29, 1.82) is 0 Å². The Labute approximate surface area is 124 Å². The number of aromatic nitrogens is 2. The fourth-order valence-corrected chi connectivity index (χ4v) is 2.88. The number of H-pyrrole nitrogens is 1. The predicted molar refractivity (Wildman–Crippen MR) is 80.8 cm³/mol. The first-order valence-corrected chi connectivity index (χ1v) is 7.50. The van der Waals surface area contributed by atoms with Gasteiger partial charge in [-0.2, -0.15) is 0 Å². The van der Waals surface area contributed by atoms with Crippen molar-refractivity contribution in [3.8, 4) is 5.75 Å². The number of imidazole rings is 1. The van der Waals surface area contributed by atoms with Crippen LogP contribution in [0.15, 0.2) is 30.6 Å². The number of aryl methyl sites for hydroxylation is 1. The second-order valence-corrected chi connectivity index (χ2v) is 5.60. The molecule has 0 spiro atoms. The van der Waals surface area contributed by atoms with Gasteiger partial charge >= 0.3 is 0 Å². The van der Waals surface area contributed by atoms with Crippen molar-refractivity contribution < 1.29 is 9.53 Å². The number of benzene rings is 1. The normalized spacial score (nSPS) is 17.9. The van der Waals surface area contributed by atoms with E-state index in [1.54, 1.807) is 13.3 Å². The van der Waals surface area contributed by atoms with Gasteiger partial charge in [-0.3, -0.25) is 4.79 Å². The molecule has 0 radical (unpaired) electrons. The number of rotatable bonds is 4. The molecule has 0 aliphatic heterocycles. The number of aromatic amines is 1. The largest absolute Gasteiger partial charge is 0.493 e. The Morgan fingerprint density at radius 2 is 2.33 bits per heavy atom. The lowest BCUT2D eigenvalue weighted by atomic mass is 10.0. The van der Waals surface area contributed by atoms with E-state index in [-0.39, 0.29) is 5.78 Å². The van der Waals surface area contributed by atoms with Crippen molar-refractivity contribution in [3.63, 3.8) is 0 Å². The van der Waals surface area contributed by atoms with Crippen molar-refractivity contribution in [2.45, 2.75) is 38.5 Å². The summed E-state index contributed by atoms with van der Waals surface area (Å²) >= 11 is 0. The maximum absolute atomic E-state index is 11.4. The predicted octanol–water partition coefficient (Wildman–Crippen LogP) is 3.50. The number of nitrogens with zero attached hydrogens (tertiary/aromatic N) is 1. The van der Waals surface area contributed by atoms with Gasteiger partial charge in [-0.1, -0.05) is 18.6 Å². The second-order valence-electron chi connectivity index (χ2n) is 5.60. The summed E-state index contributed by atoms with van der Waals surface area (Å²) < 4.78 is 5.91. The Bertz CT molecular complexity index is 633. The highest BCUT2D eigenvalue weighted by molar-refractivity contribution is 5.94. The zero-order chi connectivity index (χ0) is 14.7. The highest BCUT2D eigenvalue weighted by atomic mass is 16.5. The van der Waals surface area contributed by atoms with Crippen LogP contribution >= 0.6 is 0 Å². The molecule has 21 heavy (non-hydrogen) atoms. The summed E-state index contributed by atoms with van der Waals surface area (Å²) in [5.74, 6) is 1.14. The zero-order valence-corrected chi connectivity index (χ0v) is 12.3. The molecule has 0 fully saturated rings. The van der Waals surface area contributed by atoms with Gasteiger partial charge < -0.3 is 9.72 Å². The van der Waals surface area contributed by atoms with Crippen LogP contribution in [0.25, 0.3) is 0 Å². The minimum absolute atomic E-state index is 0.0597. The molecule has 1 aromatic heterocycles. The molecule has 1 aromatic carbocycles. The minimum Gasteiger partial charge on any atom is -0.493 e. The quantitative estimate of drug-likeness (QED) is 0.690. The maximum Gasteiger partial charge on any atom is 0.159 e. The smallest absolute Gasteiger partial charge is 0.159 e. The number of Topliss-reactive ketones (excluding diaryl/α,β-unsaturated/α-hetero) is 1. The molecule has 2 aromatic rings. The first-order valence-electron chi connectivity index (χ1n) is 7.50. The molecule has 4 nitrogen and oxygen atoms in total.